The van der Waals surface area contributed by atoms with E-state index in [1.54, 1.807) is 41.1 Å². The number of thioether (sulfide) groups is 1. The summed E-state index contributed by atoms with van der Waals surface area (Å²) in [6.45, 7) is 0.263. The molecule has 0 aliphatic carbocycles. The molecule has 0 unspecified atom stereocenters. The molecule has 0 saturated heterocycles. The van der Waals surface area contributed by atoms with Gasteiger partial charge in [-0.3, -0.25) is 9.69 Å². The van der Waals surface area contributed by atoms with E-state index < -0.39 is 0 Å². The summed E-state index contributed by atoms with van der Waals surface area (Å²) in [6.07, 6.45) is 1.57. The molecule has 0 bridgehead atoms. The average Bonchev–Trinajstić information content (AvgIpc) is 3.37. The minimum Gasteiger partial charge on any atom is -0.467 e. The molecule has 28 heavy (non-hydrogen) atoms. The standard InChI is InChI=1S/C21H17FN2O2S2/c22-17-9-4-10-18-20(17)23-21(28-18)24(12-16-8-5-11-26-16)19(25)14-27-13-15-6-2-1-3-7-15/h1-11H,12-14H2. The molecule has 4 rings (SSSR count). The normalized spacial score (nSPS) is 11.0. The van der Waals surface area contributed by atoms with Crippen LogP contribution in [0.15, 0.2) is 71.3 Å². The molecule has 0 aliphatic heterocycles. The molecular weight excluding hydrogens is 395 g/mol. The second-order valence-corrected chi connectivity index (χ2v) is 8.12. The van der Waals surface area contributed by atoms with E-state index in [4.69, 9.17) is 4.42 Å². The molecular formula is C21H17FN2O2S2. The topological polar surface area (TPSA) is 46.3 Å². The molecule has 2 aromatic carbocycles. The number of hydrogen-bond acceptors (Lipinski definition) is 5. The highest BCUT2D eigenvalue weighted by molar-refractivity contribution is 7.99. The molecule has 1 amide bonds. The summed E-state index contributed by atoms with van der Waals surface area (Å²) in [5.74, 6) is 1.23. The second kappa shape index (κ2) is 8.58. The van der Waals surface area contributed by atoms with Gasteiger partial charge in [0, 0.05) is 5.75 Å². The summed E-state index contributed by atoms with van der Waals surface area (Å²) >= 11 is 2.84. The van der Waals surface area contributed by atoms with E-state index in [-0.39, 0.29) is 23.8 Å². The Labute approximate surface area is 170 Å². The van der Waals surface area contributed by atoms with E-state index in [0.717, 1.165) is 5.75 Å². The Morgan fingerprint density at radius 2 is 1.96 bits per heavy atom. The van der Waals surface area contributed by atoms with Crippen molar-refractivity contribution < 1.29 is 13.6 Å². The average molecular weight is 413 g/mol. The van der Waals surface area contributed by atoms with Gasteiger partial charge in [0.1, 0.15) is 17.1 Å². The van der Waals surface area contributed by atoms with Gasteiger partial charge in [-0.1, -0.05) is 47.7 Å². The highest BCUT2D eigenvalue weighted by Gasteiger charge is 2.22. The van der Waals surface area contributed by atoms with Gasteiger partial charge in [0.15, 0.2) is 5.13 Å². The van der Waals surface area contributed by atoms with Crippen LogP contribution in [0.25, 0.3) is 10.2 Å². The van der Waals surface area contributed by atoms with E-state index in [1.807, 2.05) is 36.4 Å². The third-order valence-electron chi connectivity index (χ3n) is 4.12. The van der Waals surface area contributed by atoms with Gasteiger partial charge < -0.3 is 4.42 Å². The van der Waals surface area contributed by atoms with Crippen molar-refractivity contribution in [1.29, 1.82) is 0 Å². The van der Waals surface area contributed by atoms with Crippen LogP contribution < -0.4 is 4.90 Å². The summed E-state index contributed by atoms with van der Waals surface area (Å²) in [4.78, 5) is 18.9. The van der Waals surface area contributed by atoms with E-state index in [2.05, 4.69) is 4.98 Å². The van der Waals surface area contributed by atoms with Gasteiger partial charge in [0.25, 0.3) is 0 Å². The zero-order valence-electron chi connectivity index (χ0n) is 14.9. The molecule has 0 saturated carbocycles. The van der Waals surface area contributed by atoms with Crippen LogP contribution in [0, 0.1) is 5.82 Å². The SMILES string of the molecule is O=C(CSCc1ccccc1)N(Cc1ccco1)c1nc2c(F)cccc2s1. The van der Waals surface area contributed by atoms with Crippen molar-refractivity contribution >= 4 is 44.4 Å². The molecule has 4 nitrogen and oxygen atoms in total. The maximum atomic E-state index is 14.0. The van der Waals surface area contributed by atoms with Crippen molar-refractivity contribution in [1.82, 2.24) is 4.98 Å². The Morgan fingerprint density at radius 1 is 1.11 bits per heavy atom. The Balaban J connectivity index is 1.54. The zero-order chi connectivity index (χ0) is 19.3. The highest BCUT2D eigenvalue weighted by atomic mass is 32.2. The fourth-order valence-electron chi connectivity index (χ4n) is 2.75. The quantitative estimate of drug-likeness (QED) is 0.402. The monoisotopic (exact) mass is 412 g/mol. The van der Waals surface area contributed by atoms with Crippen molar-refractivity contribution in [3.8, 4) is 0 Å². The lowest BCUT2D eigenvalue weighted by atomic mass is 10.2. The fourth-order valence-corrected chi connectivity index (χ4v) is 4.61. The van der Waals surface area contributed by atoms with Crippen LogP contribution in [0.3, 0.4) is 0 Å². The van der Waals surface area contributed by atoms with Gasteiger partial charge in [-0.05, 0) is 29.8 Å². The van der Waals surface area contributed by atoms with Gasteiger partial charge in [0.05, 0.1) is 23.3 Å². The van der Waals surface area contributed by atoms with Crippen LogP contribution in [0.1, 0.15) is 11.3 Å². The lowest BCUT2D eigenvalue weighted by molar-refractivity contribution is -0.116. The maximum absolute atomic E-state index is 14.0. The summed E-state index contributed by atoms with van der Waals surface area (Å²) < 4.78 is 20.2. The maximum Gasteiger partial charge on any atom is 0.239 e. The number of halogens is 1. The Kier molecular flexibility index (Phi) is 5.73. The Morgan fingerprint density at radius 3 is 2.71 bits per heavy atom. The molecule has 142 valence electrons. The van der Waals surface area contributed by atoms with Gasteiger partial charge in [-0.15, -0.1) is 11.8 Å². The van der Waals surface area contributed by atoms with Crippen molar-refractivity contribution in [2.45, 2.75) is 12.3 Å². The molecule has 0 radical (unpaired) electrons. The molecule has 0 fully saturated rings. The van der Waals surface area contributed by atoms with E-state index in [9.17, 15) is 9.18 Å². The summed E-state index contributed by atoms with van der Waals surface area (Å²) in [5.41, 5.74) is 1.46. The van der Waals surface area contributed by atoms with E-state index in [0.29, 0.717) is 21.3 Å². The summed E-state index contributed by atoms with van der Waals surface area (Å²) in [5, 5.41) is 0.474. The third kappa shape index (κ3) is 4.26. The minimum absolute atomic E-state index is 0.0863. The molecule has 2 aromatic heterocycles. The number of aromatic nitrogens is 1. The number of hydrogen-bond donors (Lipinski definition) is 0. The molecule has 0 atom stereocenters. The number of carbonyl (C=O) groups excluding carboxylic acids is 1. The number of amides is 1. The lowest BCUT2D eigenvalue weighted by Gasteiger charge is -2.18. The molecule has 0 spiro atoms. The predicted octanol–water partition coefficient (Wildman–Crippen LogP) is 5.50. The first-order valence-electron chi connectivity index (χ1n) is 8.70. The highest BCUT2D eigenvalue weighted by Crippen LogP contribution is 2.31. The van der Waals surface area contributed by atoms with Crippen molar-refractivity contribution in [3.63, 3.8) is 0 Å². The largest absolute Gasteiger partial charge is 0.467 e. The molecule has 4 aromatic rings. The lowest BCUT2D eigenvalue weighted by Crippen LogP contribution is -2.31. The zero-order valence-corrected chi connectivity index (χ0v) is 16.5. The number of para-hydroxylation sites is 1. The Bertz CT molecular complexity index is 1060. The van der Waals surface area contributed by atoms with Crippen LogP contribution in [0.4, 0.5) is 9.52 Å². The number of nitrogens with zero attached hydrogens (tertiary/aromatic N) is 2. The van der Waals surface area contributed by atoms with Crippen molar-refractivity contribution in [2.75, 3.05) is 10.7 Å². The van der Waals surface area contributed by atoms with Gasteiger partial charge in [-0.2, -0.15) is 0 Å². The van der Waals surface area contributed by atoms with Crippen LogP contribution in [-0.2, 0) is 17.1 Å². The summed E-state index contributed by atoms with van der Waals surface area (Å²) in [6, 6.07) is 18.4. The first kappa shape index (κ1) is 18.7. The van der Waals surface area contributed by atoms with Crippen LogP contribution in [0.2, 0.25) is 0 Å². The van der Waals surface area contributed by atoms with Gasteiger partial charge in [0.2, 0.25) is 5.91 Å². The van der Waals surface area contributed by atoms with Crippen LogP contribution >= 0.6 is 23.1 Å². The number of thiazole rings is 1. The molecule has 0 aliphatic rings. The van der Waals surface area contributed by atoms with Crippen LogP contribution in [-0.4, -0.2) is 16.6 Å². The molecule has 7 heteroatoms. The van der Waals surface area contributed by atoms with E-state index >= 15 is 0 Å². The van der Waals surface area contributed by atoms with Crippen molar-refractivity contribution in [3.05, 3.63) is 84.1 Å². The van der Waals surface area contributed by atoms with E-state index in [1.165, 1.54) is 23.0 Å². The number of furan rings is 1. The fraction of sp³-hybridized carbons (Fsp3) is 0.143. The van der Waals surface area contributed by atoms with Gasteiger partial charge >= 0.3 is 0 Å². The minimum atomic E-state index is -0.385. The van der Waals surface area contributed by atoms with Crippen molar-refractivity contribution in [2.24, 2.45) is 0 Å². The number of fused-ring (bicyclic) bond motifs is 1. The number of benzene rings is 2. The predicted molar refractivity (Wildman–Crippen MR) is 112 cm³/mol. The molecule has 0 N–H and O–H groups in total. The third-order valence-corrected chi connectivity index (χ3v) is 6.15. The summed E-state index contributed by atoms with van der Waals surface area (Å²) in [7, 11) is 0. The van der Waals surface area contributed by atoms with Gasteiger partial charge in [-0.25, -0.2) is 9.37 Å². The number of rotatable bonds is 7. The molecule has 2 heterocycles. The first-order chi connectivity index (χ1) is 13.7. The first-order valence-corrected chi connectivity index (χ1v) is 10.7. The number of carbonyl (C=O) groups is 1. The number of anilines is 1. The smallest absolute Gasteiger partial charge is 0.239 e. The second-order valence-electron chi connectivity index (χ2n) is 6.12. The Hall–Kier alpha value is -2.64. The van der Waals surface area contributed by atoms with Crippen LogP contribution in [0.5, 0.6) is 0 Å².